The minimum Gasteiger partial charge on any atom is -0.462 e. The molecule has 1 aliphatic heterocycles. The molecular weight excluding hydrogens is 496 g/mol. The number of rotatable bonds is 4. The second-order valence-corrected chi connectivity index (χ2v) is 15.1. The third kappa shape index (κ3) is 4.00. The van der Waals surface area contributed by atoms with Crippen LogP contribution in [0.2, 0.25) is 0 Å². The molecule has 218 valence electrons. The summed E-state index contributed by atoms with van der Waals surface area (Å²) in [6, 6.07) is 0. The zero-order valence-electron chi connectivity index (χ0n) is 24.9. The molecule has 5 rings (SSSR count). The SMILES string of the molecule is CC(=O)O[C@@H]1CC[C@]2(C)[C@H]3CC[C@]4(C)C(=CC[C@H]4C4=CC(C(O)C(C)(C)O)OC4=O)[C@]3(C)[C@H](O)C[C@H]2C1(C)C. The van der Waals surface area contributed by atoms with Crippen LogP contribution in [0.1, 0.15) is 93.9 Å². The Morgan fingerprint density at radius 1 is 1.13 bits per heavy atom. The maximum Gasteiger partial charge on any atom is 0.334 e. The Bertz CT molecular complexity index is 1110. The van der Waals surface area contributed by atoms with Crippen molar-refractivity contribution in [1.29, 1.82) is 0 Å². The van der Waals surface area contributed by atoms with Crippen LogP contribution in [-0.4, -0.2) is 57.3 Å². The molecular formula is C32H48O7. The lowest BCUT2D eigenvalue weighted by molar-refractivity contribution is -0.219. The van der Waals surface area contributed by atoms with Gasteiger partial charge in [-0.15, -0.1) is 0 Å². The van der Waals surface area contributed by atoms with Gasteiger partial charge in [0.05, 0.1) is 11.7 Å². The molecule has 3 N–H and O–H groups in total. The van der Waals surface area contributed by atoms with Crippen molar-refractivity contribution >= 4 is 11.9 Å². The Morgan fingerprint density at radius 2 is 1.79 bits per heavy atom. The van der Waals surface area contributed by atoms with E-state index in [9.17, 15) is 24.9 Å². The van der Waals surface area contributed by atoms with E-state index < -0.39 is 35.3 Å². The molecule has 2 unspecified atom stereocenters. The third-order valence-corrected chi connectivity index (χ3v) is 12.2. The van der Waals surface area contributed by atoms with Crippen LogP contribution < -0.4 is 0 Å². The van der Waals surface area contributed by atoms with Gasteiger partial charge < -0.3 is 24.8 Å². The molecule has 0 spiro atoms. The Labute approximate surface area is 233 Å². The van der Waals surface area contributed by atoms with E-state index in [1.165, 1.54) is 26.3 Å². The van der Waals surface area contributed by atoms with Crippen molar-refractivity contribution < 1.29 is 34.4 Å². The molecule has 0 saturated heterocycles. The maximum absolute atomic E-state index is 13.1. The van der Waals surface area contributed by atoms with Gasteiger partial charge in [0.2, 0.25) is 0 Å². The van der Waals surface area contributed by atoms with Gasteiger partial charge in [0, 0.05) is 29.2 Å². The Morgan fingerprint density at radius 3 is 2.41 bits per heavy atom. The lowest BCUT2D eigenvalue weighted by Crippen LogP contribution is -2.65. The summed E-state index contributed by atoms with van der Waals surface area (Å²) >= 11 is 0. The van der Waals surface area contributed by atoms with Gasteiger partial charge >= 0.3 is 11.9 Å². The highest BCUT2D eigenvalue weighted by atomic mass is 16.6. The van der Waals surface area contributed by atoms with Gasteiger partial charge in [-0.3, -0.25) is 4.79 Å². The summed E-state index contributed by atoms with van der Waals surface area (Å²) in [4.78, 5) is 24.9. The van der Waals surface area contributed by atoms with Crippen molar-refractivity contribution in [2.75, 3.05) is 0 Å². The van der Waals surface area contributed by atoms with Gasteiger partial charge in [0.1, 0.15) is 18.3 Å². The monoisotopic (exact) mass is 544 g/mol. The summed E-state index contributed by atoms with van der Waals surface area (Å²) in [6.07, 6.45) is 6.16. The van der Waals surface area contributed by atoms with E-state index in [1.54, 1.807) is 6.08 Å². The summed E-state index contributed by atoms with van der Waals surface area (Å²) in [5.74, 6) is -0.270. The summed E-state index contributed by atoms with van der Waals surface area (Å²) in [7, 11) is 0. The summed E-state index contributed by atoms with van der Waals surface area (Å²) in [5, 5.41) is 32.9. The van der Waals surface area contributed by atoms with Crippen molar-refractivity contribution in [2.45, 2.75) is 124 Å². The molecule has 0 bridgehead atoms. The van der Waals surface area contributed by atoms with Crippen molar-refractivity contribution in [3.8, 4) is 0 Å². The molecule has 4 aliphatic carbocycles. The number of esters is 2. The molecule has 3 fully saturated rings. The predicted molar refractivity (Wildman–Crippen MR) is 146 cm³/mol. The molecule has 10 atom stereocenters. The second-order valence-electron chi connectivity index (χ2n) is 15.1. The molecule has 1 heterocycles. The van der Waals surface area contributed by atoms with Crippen LogP contribution >= 0.6 is 0 Å². The van der Waals surface area contributed by atoms with Crippen molar-refractivity contribution in [3.63, 3.8) is 0 Å². The number of fused-ring (bicyclic) bond motifs is 5. The van der Waals surface area contributed by atoms with Gasteiger partial charge in [-0.05, 0) is 81.1 Å². The van der Waals surface area contributed by atoms with Crippen LogP contribution in [0.25, 0.3) is 0 Å². The van der Waals surface area contributed by atoms with Gasteiger partial charge in [-0.25, -0.2) is 4.79 Å². The zero-order chi connectivity index (χ0) is 28.9. The zero-order valence-corrected chi connectivity index (χ0v) is 24.9. The molecule has 0 amide bonds. The van der Waals surface area contributed by atoms with Crippen LogP contribution in [0.4, 0.5) is 0 Å². The summed E-state index contributed by atoms with van der Waals surface area (Å²) in [6.45, 7) is 15.8. The molecule has 39 heavy (non-hydrogen) atoms. The number of ether oxygens (including phenoxy) is 2. The first-order valence-electron chi connectivity index (χ1n) is 14.8. The number of hydrogen-bond donors (Lipinski definition) is 3. The first kappa shape index (κ1) is 28.8. The van der Waals surface area contributed by atoms with Crippen molar-refractivity contribution in [2.24, 2.45) is 39.4 Å². The quantitative estimate of drug-likeness (QED) is 0.353. The largest absolute Gasteiger partial charge is 0.462 e. The van der Waals surface area contributed by atoms with Crippen LogP contribution in [-0.2, 0) is 19.1 Å². The predicted octanol–water partition coefficient (Wildman–Crippen LogP) is 4.48. The fourth-order valence-electron chi connectivity index (χ4n) is 10.1. The fourth-order valence-corrected chi connectivity index (χ4v) is 10.1. The average Bonchev–Trinajstić information content (AvgIpc) is 3.36. The average molecular weight is 545 g/mol. The Hall–Kier alpha value is -1.70. The van der Waals surface area contributed by atoms with E-state index in [0.717, 1.165) is 25.7 Å². The highest BCUT2D eigenvalue weighted by Crippen LogP contribution is 2.73. The summed E-state index contributed by atoms with van der Waals surface area (Å²) < 4.78 is 11.3. The van der Waals surface area contributed by atoms with Gasteiger partial charge in [0.15, 0.2) is 0 Å². The highest BCUT2D eigenvalue weighted by molar-refractivity contribution is 5.92. The smallest absolute Gasteiger partial charge is 0.334 e. The molecule has 0 aromatic heterocycles. The third-order valence-electron chi connectivity index (χ3n) is 12.2. The minimum atomic E-state index is -1.40. The lowest BCUT2D eigenvalue weighted by atomic mass is 9.37. The van der Waals surface area contributed by atoms with Crippen molar-refractivity contribution in [1.82, 2.24) is 0 Å². The van der Waals surface area contributed by atoms with Crippen LogP contribution in [0.5, 0.6) is 0 Å². The van der Waals surface area contributed by atoms with E-state index in [2.05, 4.69) is 40.7 Å². The van der Waals surface area contributed by atoms with E-state index in [-0.39, 0.29) is 46.1 Å². The molecule has 0 aromatic carbocycles. The lowest BCUT2D eigenvalue weighted by Gasteiger charge is -2.68. The number of carbonyl (C=O) groups excluding carboxylic acids is 2. The van der Waals surface area contributed by atoms with E-state index in [4.69, 9.17) is 9.47 Å². The Balaban J connectivity index is 1.46. The number of allylic oxidation sites excluding steroid dienone is 1. The normalized spacial score (nSPS) is 45.8. The van der Waals surface area contributed by atoms with E-state index in [1.807, 2.05) is 0 Å². The first-order chi connectivity index (χ1) is 17.9. The molecule has 7 heteroatoms. The summed E-state index contributed by atoms with van der Waals surface area (Å²) in [5.41, 5.74) is -0.553. The topological polar surface area (TPSA) is 113 Å². The van der Waals surface area contributed by atoms with Crippen molar-refractivity contribution in [3.05, 3.63) is 23.3 Å². The maximum atomic E-state index is 13.1. The number of hydrogen-bond acceptors (Lipinski definition) is 7. The number of carbonyl (C=O) groups is 2. The van der Waals surface area contributed by atoms with Gasteiger partial charge in [0.25, 0.3) is 0 Å². The molecule has 0 aromatic rings. The Kier molecular flexibility index (Phi) is 6.57. The van der Waals surface area contributed by atoms with Gasteiger partial charge in [-0.1, -0.05) is 46.3 Å². The van der Waals surface area contributed by atoms with Crippen LogP contribution in [0.3, 0.4) is 0 Å². The molecule has 3 saturated carbocycles. The minimum absolute atomic E-state index is 0.0120. The molecule has 5 aliphatic rings. The van der Waals surface area contributed by atoms with Crippen LogP contribution in [0, 0.1) is 39.4 Å². The number of cyclic esters (lactones) is 1. The van der Waals surface area contributed by atoms with Crippen LogP contribution in [0.15, 0.2) is 23.3 Å². The number of aliphatic hydroxyl groups is 3. The fraction of sp³-hybridized carbons (Fsp3) is 0.812. The number of aliphatic hydroxyl groups excluding tert-OH is 2. The molecule has 7 nitrogen and oxygen atoms in total. The van der Waals surface area contributed by atoms with E-state index in [0.29, 0.717) is 18.4 Å². The standard InChI is InChI=1S/C32H48O7/c1-17(33)38-25-12-14-31(7)22-11-13-30(6)19(18-15-20(39-27(18)36)26(35)29(4,5)37)9-10-21(30)32(22,8)24(34)16-23(31)28(25,2)3/h10,15,19-20,22-26,34-35,37H,9,11-14,16H2,1-8H3/t19-,20?,22+,23-,24+,25+,26?,30-,31+,32-/m0/s1. The van der Waals surface area contributed by atoms with E-state index >= 15 is 0 Å². The first-order valence-corrected chi connectivity index (χ1v) is 14.8. The second kappa shape index (κ2) is 8.90. The van der Waals surface area contributed by atoms with Gasteiger partial charge in [-0.2, -0.15) is 0 Å². The molecule has 0 radical (unpaired) electrons. The highest BCUT2D eigenvalue weighted by Gasteiger charge is 2.69.